The first-order valence-electron chi connectivity index (χ1n) is 14.0. The minimum atomic E-state index is -2.32. The molecule has 0 saturated carbocycles. The Morgan fingerprint density at radius 2 is 1.00 bits per heavy atom. The number of hydrogen-bond donors (Lipinski definition) is 0. The maximum absolute atomic E-state index is 2.78. The van der Waals surface area contributed by atoms with Crippen LogP contribution in [-0.4, -0.2) is 25.1 Å². The minimum absolute atomic E-state index is 0.827. The Bertz CT molecular complexity index is 525. The summed E-state index contributed by atoms with van der Waals surface area (Å²) in [5.41, 5.74) is 3.79. The van der Waals surface area contributed by atoms with Crippen molar-refractivity contribution in [2.24, 2.45) is 0 Å². The van der Waals surface area contributed by atoms with Crippen molar-refractivity contribution in [2.45, 2.75) is 153 Å². The van der Waals surface area contributed by atoms with Gasteiger partial charge in [-0.15, -0.1) is 0 Å². The predicted molar refractivity (Wildman–Crippen MR) is 145 cm³/mol. The fourth-order valence-electron chi connectivity index (χ4n) is 5.91. The van der Waals surface area contributed by atoms with Crippen molar-refractivity contribution in [3.8, 4) is 0 Å². The molecular formula is C28H55BSn. The van der Waals surface area contributed by atoms with Crippen LogP contribution in [0.15, 0.2) is 18.2 Å². The zero-order valence-electron chi connectivity index (χ0n) is 22.1. The maximum atomic E-state index is 2.78. The third-order valence-electron chi connectivity index (χ3n) is 7.83. The van der Waals surface area contributed by atoms with E-state index in [2.05, 4.69) is 44.5 Å². The van der Waals surface area contributed by atoms with Gasteiger partial charge in [0.1, 0.15) is 0 Å². The van der Waals surface area contributed by atoms with Crippen LogP contribution in [0.3, 0.4) is 0 Å². The molecular weight excluding hydrogens is 466 g/mol. The van der Waals surface area contributed by atoms with Crippen LogP contribution in [0.5, 0.6) is 0 Å². The van der Waals surface area contributed by atoms with Gasteiger partial charge < -0.3 is 0 Å². The summed E-state index contributed by atoms with van der Waals surface area (Å²) in [7, 11) is 0. The van der Waals surface area contributed by atoms with Crippen LogP contribution in [0.25, 0.3) is 0 Å². The Labute approximate surface area is 196 Å². The molecule has 30 heavy (non-hydrogen) atoms. The normalized spacial score (nSPS) is 16.1. The molecule has 1 rings (SSSR count). The van der Waals surface area contributed by atoms with Crippen LogP contribution in [0.4, 0.5) is 0 Å². The first-order valence-corrected chi connectivity index (χ1v) is 22.5. The monoisotopic (exact) mass is 522 g/mol. The van der Waals surface area contributed by atoms with Crippen molar-refractivity contribution >= 4 is 25.1 Å². The molecule has 0 N–H and O–H groups in total. The fourth-order valence-corrected chi connectivity index (χ4v) is 17.5. The van der Waals surface area contributed by atoms with E-state index in [9.17, 15) is 0 Å². The van der Waals surface area contributed by atoms with Crippen LogP contribution in [0, 0.1) is 0 Å². The van der Waals surface area contributed by atoms with Gasteiger partial charge in [-0.1, -0.05) is 0 Å². The van der Waals surface area contributed by atoms with Crippen LogP contribution < -0.4 is 0 Å². The van der Waals surface area contributed by atoms with Gasteiger partial charge in [0, 0.05) is 0 Å². The van der Waals surface area contributed by atoms with Crippen molar-refractivity contribution in [3.05, 3.63) is 18.2 Å². The van der Waals surface area contributed by atoms with E-state index in [0.717, 1.165) is 6.71 Å². The van der Waals surface area contributed by atoms with Gasteiger partial charge in [0.15, 0.2) is 0 Å². The molecule has 0 nitrogen and oxygen atoms in total. The summed E-state index contributed by atoms with van der Waals surface area (Å²) in [6, 6.07) is 0. The first kappa shape index (κ1) is 28.4. The van der Waals surface area contributed by atoms with Crippen molar-refractivity contribution < 1.29 is 0 Å². The second-order valence-electron chi connectivity index (χ2n) is 10.4. The van der Waals surface area contributed by atoms with Crippen molar-refractivity contribution in [3.63, 3.8) is 0 Å². The third kappa shape index (κ3) is 8.36. The Morgan fingerprint density at radius 1 is 0.567 bits per heavy atom. The molecule has 0 unspecified atom stereocenters. The Kier molecular flexibility index (Phi) is 15.2. The van der Waals surface area contributed by atoms with E-state index in [1.165, 1.54) is 109 Å². The molecule has 1 aliphatic heterocycles. The summed E-state index contributed by atoms with van der Waals surface area (Å²) in [4.78, 5) is 5.55. The molecule has 0 atom stereocenters. The summed E-state index contributed by atoms with van der Waals surface area (Å²) in [5.74, 6) is 0. The Hall–Kier alpha value is 0.344. The average molecular weight is 521 g/mol. The van der Waals surface area contributed by atoms with Gasteiger partial charge in [-0.05, 0) is 0 Å². The van der Waals surface area contributed by atoms with Crippen LogP contribution in [0.1, 0.15) is 131 Å². The zero-order chi connectivity index (χ0) is 22.4. The van der Waals surface area contributed by atoms with Gasteiger partial charge in [-0.2, -0.15) is 0 Å². The van der Waals surface area contributed by atoms with Crippen molar-refractivity contribution in [2.75, 3.05) is 0 Å². The molecule has 0 aliphatic carbocycles. The van der Waals surface area contributed by atoms with E-state index in [-0.39, 0.29) is 0 Å². The summed E-state index contributed by atoms with van der Waals surface area (Å²) in [6.45, 7) is 12.8. The fraction of sp³-hybridized carbons (Fsp3) is 0.857. The quantitative estimate of drug-likeness (QED) is 0.124. The average Bonchev–Trinajstić information content (AvgIpc) is 2.94. The summed E-state index contributed by atoms with van der Waals surface area (Å²) in [5, 5.41) is 0. The second kappa shape index (κ2) is 16.0. The molecule has 0 bridgehead atoms. The van der Waals surface area contributed by atoms with Gasteiger partial charge in [0.25, 0.3) is 0 Å². The molecule has 174 valence electrons. The van der Waals surface area contributed by atoms with Crippen LogP contribution >= 0.6 is 0 Å². The summed E-state index contributed by atoms with van der Waals surface area (Å²) in [6.07, 6.45) is 24.0. The molecule has 0 aromatic carbocycles. The second-order valence-corrected chi connectivity index (χ2v) is 23.1. The van der Waals surface area contributed by atoms with Crippen molar-refractivity contribution in [1.29, 1.82) is 0 Å². The van der Waals surface area contributed by atoms with E-state index >= 15 is 0 Å². The van der Waals surface area contributed by atoms with Gasteiger partial charge in [-0.25, -0.2) is 0 Å². The van der Waals surface area contributed by atoms with E-state index in [1.807, 2.05) is 18.2 Å². The third-order valence-corrected chi connectivity index (χ3v) is 19.5. The SMILES string of the molecule is CCCCCCCC[C]1=C(CC)C(B(CC)CC)=[C](CCCCCCCC)[Sn]1([CH3])[CH3]. The Morgan fingerprint density at radius 3 is 1.43 bits per heavy atom. The molecule has 0 aromatic heterocycles. The van der Waals surface area contributed by atoms with E-state index < -0.39 is 18.4 Å². The Balaban J connectivity index is 2.92. The van der Waals surface area contributed by atoms with Crippen LogP contribution in [-0.2, 0) is 0 Å². The number of unbranched alkanes of at least 4 members (excludes halogenated alkanes) is 10. The molecule has 0 amide bonds. The molecule has 0 spiro atoms. The molecule has 0 fully saturated rings. The zero-order valence-corrected chi connectivity index (χ0v) is 25.0. The van der Waals surface area contributed by atoms with Gasteiger partial charge >= 0.3 is 197 Å². The molecule has 0 aromatic rings. The van der Waals surface area contributed by atoms with E-state index in [4.69, 9.17) is 0 Å². The standard InChI is InChI=1S/C26H49B.2CH3.Sn/c1-6-11-13-15-17-19-21-23-25(8-3)26(27(9-4)10-5)24-22-20-18-16-14-12-7-2;;;/h6-22H2,1-5H3;2*1H3;. The van der Waals surface area contributed by atoms with Gasteiger partial charge in [0.05, 0.1) is 0 Å². The molecule has 2 heteroatoms. The molecule has 0 saturated heterocycles. The van der Waals surface area contributed by atoms with Gasteiger partial charge in [-0.3, -0.25) is 0 Å². The van der Waals surface area contributed by atoms with Crippen molar-refractivity contribution in [1.82, 2.24) is 0 Å². The van der Waals surface area contributed by atoms with Gasteiger partial charge in [0.2, 0.25) is 0 Å². The summed E-state index contributed by atoms with van der Waals surface area (Å²) >= 11 is -2.32. The predicted octanol–water partition coefficient (Wildman–Crippen LogP) is 10.4. The van der Waals surface area contributed by atoms with Crippen LogP contribution in [0.2, 0.25) is 22.5 Å². The van der Waals surface area contributed by atoms with E-state index in [0.29, 0.717) is 0 Å². The molecule has 1 heterocycles. The first-order chi connectivity index (χ1) is 14.5. The number of rotatable bonds is 18. The molecule has 0 radical (unpaired) electrons. The number of allylic oxidation sites excluding steroid dienone is 4. The topological polar surface area (TPSA) is 0 Å². The number of hydrogen-bond acceptors (Lipinski definition) is 0. The van der Waals surface area contributed by atoms with E-state index in [1.54, 1.807) is 0 Å². The molecule has 1 aliphatic rings. The summed E-state index contributed by atoms with van der Waals surface area (Å²) < 4.78 is 4.08.